The third-order valence-corrected chi connectivity index (χ3v) is 6.04. The second kappa shape index (κ2) is 9.52. The maximum atomic E-state index is 13.7. The van der Waals surface area contributed by atoms with E-state index in [9.17, 15) is 9.18 Å². The fourth-order valence-corrected chi connectivity index (χ4v) is 4.48. The van der Waals surface area contributed by atoms with Gasteiger partial charge in [0.05, 0.1) is 17.8 Å². The summed E-state index contributed by atoms with van der Waals surface area (Å²) < 4.78 is 13.7. The fraction of sp³-hybridized carbons (Fsp3) is 0.400. The summed E-state index contributed by atoms with van der Waals surface area (Å²) in [7, 11) is 2.04. The van der Waals surface area contributed by atoms with Gasteiger partial charge in [0.2, 0.25) is 5.91 Å². The second-order valence-electron chi connectivity index (χ2n) is 8.54. The molecule has 1 saturated heterocycles. The van der Waals surface area contributed by atoms with E-state index in [4.69, 9.17) is 0 Å². The van der Waals surface area contributed by atoms with Gasteiger partial charge in [0, 0.05) is 26.1 Å². The van der Waals surface area contributed by atoms with Crippen LogP contribution in [-0.2, 0) is 17.8 Å². The van der Waals surface area contributed by atoms with E-state index in [1.54, 1.807) is 12.4 Å². The average Bonchev–Trinajstić information content (AvgIpc) is 3.22. The third-order valence-electron chi connectivity index (χ3n) is 6.04. The van der Waals surface area contributed by atoms with Crippen molar-refractivity contribution in [1.82, 2.24) is 9.80 Å². The highest BCUT2D eigenvalue weighted by atomic mass is 19.1. The number of carbonyl (C=O) groups is 1. The molecule has 0 spiro atoms. The molecule has 2 aromatic carbocycles. The number of halogens is 1. The van der Waals surface area contributed by atoms with Crippen molar-refractivity contribution >= 4 is 18.0 Å². The third kappa shape index (κ3) is 5.25. The Hall–Kier alpha value is -2.86. The minimum atomic E-state index is -0.259. The van der Waals surface area contributed by atoms with Gasteiger partial charge >= 0.3 is 0 Å². The Morgan fingerprint density at radius 2 is 2.00 bits per heavy atom. The summed E-state index contributed by atoms with van der Waals surface area (Å²) in [5, 5.41) is 0. The van der Waals surface area contributed by atoms with Crippen LogP contribution in [-0.4, -0.2) is 60.0 Å². The van der Waals surface area contributed by atoms with Gasteiger partial charge in [0.1, 0.15) is 12.2 Å². The lowest BCUT2D eigenvalue weighted by molar-refractivity contribution is -0.133. The largest absolute Gasteiger partial charge is 0.334 e. The van der Waals surface area contributed by atoms with E-state index < -0.39 is 0 Å². The number of piperidine rings is 1. The zero-order valence-electron chi connectivity index (χ0n) is 18.2. The van der Waals surface area contributed by atoms with Crippen LogP contribution in [0.5, 0.6) is 0 Å². The summed E-state index contributed by atoms with van der Waals surface area (Å²) in [6, 6.07) is 14.9. The molecule has 2 aliphatic rings. The number of aliphatic imine (C=N–C) groups is 2. The molecule has 0 radical (unpaired) electrons. The Kier molecular flexibility index (Phi) is 6.56. The van der Waals surface area contributed by atoms with Crippen LogP contribution in [0.4, 0.5) is 4.39 Å². The molecule has 2 aromatic rings. The standard InChI is InChI=1S/C25H29FN4O/c1-18-5-3-7-20(13-18)16-29(2)11-10-24(31)30-12-9-22-25(28-17-27-22)23(30)15-19-6-4-8-21(26)14-19/h3-8,13-14,17,22-23H,9-12,15-16H2,1-2H3. The van der Waals surface area contributed by atoms with Crippen LogP contribution < -0.4 is 0 Å². The molecule has 0 N–H and O–H groups in total. The predicted octanol–water partition coefficient (Wildman–Crippen LogP) is 3.65. The SMILES string of the molecule is Cc1cccc(CN(C)CCC(=O)N2CCC3N=CN=C3C2Cc2cccc(F)c2)c1. The lowest BCUT2D eigenvalue weighted by atomic mass is 9.90. The van der Waals surface area contributed by atoms with Crippen molar-refractivity contribution in [2.24, 2.45) is 9.98 Å². The summed E-state index contributed by atoms with van der Waals surface area (Å²) in [6.45, 7) is 4.24. The number of amides is 1. The number of nitrogens with zero attached hydrogens (tertiary/aromatic N) is 4. The summed E-state index contributed by atoms with van der Waals surface area (Å²) in [4.78, 5) is 26.2. The van der Waals surface area contributed by atoms with Crippen molar-refractivity contribution in [2.75, 3.05) is 20.1 Å². The monoisotopic (exact) mass is 420 g/mol. The first-order valence-corrected chi connectivity index (χ1v) is 10.9. The lowest BCUT2D eigenvalue weighted by Gasteiger charge is -2.38. The zero-order valence-corrected chi connectivity index (χ0v) is 18.2. The van der Waals surface area contributed by atoms with Crippen molar-refractivity contribution in [1.29, 1.82) is 0 Å². The van der Waals surface area contributed by atoms with Crippen molar-refractivity contribution < 1.29 is 9.18 Å². The zero-order chi connectivity index (χ0) is 21.8. The van der Waals surface area contributed by atoms with E-state index in [1.165, 1.54) is 23.3 Å². The van der Waals surface area contributed by atoms with Crippen molar-refractivity contribution in [3.63, 3.8) is 0 Å². The summed E-state index contributed by atoms with van der Waals surface area (Å²) >= 11 is 0. The molecular weight excluding hydrogens is 391 g/mol. The highest BCUT2D eigenvalue weighted by molar-refractivity contribution is 6.04. The first-order chi connectivity index (χ1) is 15.0. The Morgan fingerprint density at radius 3 is 2.81 bits per heavy atom. The highest BCUT2D eigenvalue weighted by Crippen LogP contribution is 2.25. The molecule has 0 saturated carbocycles. The molecule has 2 aliphatic heterocycles. The molecule has 162 valence electrons. The van der Waals surface area contributed by atoms with E-state index in [-0.39, 0.29) is 23.8 Å². The minimum absolute atomic E-state index is 0.0478. The first-order valence-electron chi connectivity index (χ1n) is 10.9. The van der Waals surface area contributed by atoms with E-state index in [1.807, 2.05) is 18.0 Å². The molecule has 0 aromatic heterocycles. The van der Waals surface area contributed by atoms with Crippen molar-refractivity contribution in [3.05, 3.63) is 71.0 Å². The van der Waals surface area contributed by atoms with Gasteiger partial charge in [-0.25, -0.2) is 9.38 Å². The van der Waals surface area contributed by atoms with Gasteiger partial charge < -0.3 is 9.80 Å². The summed E-state index contributed by atoms with van der Waals surface area (Å²) in [5.74, 6) is -0.143. The molecule has 0 bridgehead atoms. The molecule has 4 rings (SSSR count). The molecule has 2 unspecified atom stereocenters. The Labute approximate surface area is 183 Å². The number of aryl methyl sites for hydroxylation is 1. The van der Waals surface area contributed by atoms with Gasteiger partial charge in [0.15, 0.2) is 0 Å². The van der Waals surface area contributed by atoms with Crippen LogP contribution in [0.15, 0.2) is 58.5 Å². The van der Waals surface area contributed by atoms with Crippen LogP contribution in [0.1, 0.15) is 29.5 Å². The summed E-state index contributed by atoms with van der Waals surface area (Å²) in [6.07, 6.45) is 3.39. The van der Waals surface area contributed by atoms with Gasteiger partial charge in [-0.15, -0.1) is 0 Å². The first kappa shape index (κ1) is 21.4. The predicted molar refractivity (Wildman–Crippen MR) is 122 cm³/mol. The van der Waals surface area contributed by atoms with Crippen LogP contribution in [0.25, 0.3) is 0 Å². The fourth-order valence-electron chi connectivity index (χ4n) is 4.48. The van der Waals surface area contributed by atoms with Gasteiger partial charge in [-0.1, -0.05) is 42.0 Å². The highest BCUT2D eigenvalue weighted by Gasteiger charge is 2.38. The molecular formula is C25H29FN4O. The number of likely N-dealkylation sites (tertiary alicyclic amines) is 1. The Morgan fingerprint density at radius 1 is 1.19 bits per heavy atom. The molecule has 2 atom stereocenters. The van der Waals surface area contributed by atoms with E-state index in [2.05, 4.69) is 46.1 Å². The van der Waals surface area contributed by atoms with Crippen LogP contribution in [0, 0.1) is 12.7 Å². The molecule has 31 heavy (non-hydrogen) atoms. The minimum Gasteiger partial charge on any atom is -0.334 e. The summed E-state index contributed by atoms with van der Waals surface area (Å²) in [5.41, 5.74) is 4.29. The Balaban J connectivity index is 1.41. The number of carbonyl (C=O) groups excluding carboxylic acids is 1. The number of hydrogen-bond donors (Lipinski definition) is 0. The normalized spacial score (nSPS) is 20.1. The molecule has 1 fully saturated rings. The van der Waals surface area contributed by atoms with E-state index in [0.717, 1.165) is 24.2 Å². The smallest absolute Gasteiger partial charge is 0.224 e. The van der Waals surface area contributed by atoms with Crippen molar-refractivity contribution in [2.45, 2.75) is 44.8 Å². The topological polar surface area (TPSA) is 48.3 Å². The molecule has 6 heteroatoms. The molecule has 2 heterocycles. The lowest BCUT2D eigenvalue weighted by Crippen LogP contribution is -2.54. The maximum absolute atomic E-state index is 13.7. The number of benzene rings is 2. The van der Waals surface area contributed by atoms with Gasteiger partial charge in [-0.05, 0) is 50.1 Å². The van der Waals surface area contributed by atoms with Gasteiger partial charge in [0.25, 0.3) is 0 Å². The van der Waals surface area contributed by atoms with Crippen molar-refractivity contribution in [3.8, 4) is 0 Å². The van der Waals surface area contributed by atoms with Gasteiger partial charge in [-0.2, -0.15) is 0 Å². The number of rotatable bonds is 7. The quantitative estimate of drug-likeness (QED) is 0.687. The molecule has 5 nitrogen and oxygen atoms in total. The Bertz CT molecular complexity index is 1000. The van der Waals surface area contributed by atoms with Crippen LogP contribution >= 0.6 is 0 Å². The maximum Gasteiger partial charge on any atom is 0.224 e. The van der Waals surface area contributed by atoms with Gasteiger partial charge in [-0.3, -0.25) is 9.79 Å². The number of hydrogen-bond acceptors (Lipinski definition) is 4. The molecule has 1 amide bonds. The van der Waals surface area contributed by atoms with E-state index >= 15 is 0 Å². The van der Waals surface area contributed by atoms with Crippen LogP contribution in [0.3, 0.4) is 0 Å². The second-order valence-corrected chi connectivity index (χ2v) is 8.54. The molecule has 0 aliphatic carbocycles. The average molecular weight is 421 g/mol. The van der Waals surface area contributed by atoms with Crippen LogP contribution in [0.2, 0.25) is 0 Å². The van der Waals surface area contributed by atoms with E-state index in [0.29, 0.717) is 25.9 Å². The number of fused-ring (bicyclic) bond motifs is 1.